The summed E-state index contributed by atoms with van der Waals surface area (Å²) >= 11 is 0. The van der Waals surface area contributed by atoms with Crippen LogP contribution in [0.3, 0.4) is 0 Å². The fourth-order valence-electron chi connectivity index (χ4n) is 3.85. The highest BCUT2D eigenvalue weighted by Gasteiger charge is 2.32. The molecule has 0 radical (unpaired) electrons. The maximum Gasteiger partial charge on any atom is 0.276 e. The van der Waals surface area contributed by atoms with E-state index in [0.29, 0.717) is 30.1 Å². The van der Waals surface area contributed by atoms with Gasteiger partial charge in [-0.1, -0.05) is 19.6 Å². The third kappa shape index (κ3) is 5.65. The monoisotopic (exact) mass is 473 g/mol. The fraction of sp³-hybridized carbons (Fsp3) is 0.440. The summed E-state index contributed by atoms with van der Waals surface area (Å²) in [5.41, 5.74) is 1.46. The van der Waals surface area contributed by atoms with E-state index in [1.54, 1.807) is 14.0 Å². The van der Waals surface area contributed by atoms with Crippen LogP contribution in [0.5, 0.6) is 23.0 Å². The molecule has 34 heavy (non-hydrogen) atoms. The van der Waals surface area contributed by atoms with Crippen LogP contribution in [0.2, 0.25) is 0 Å². The van der Waals surface area contributed by atoms with E-state index in [-0.39, 0.29) is 43.1 Å². The fourth-order valence-corrected chi connectivity index (χ4v) is 3.85. The number of nitrogens with zero attached hydrogens (tertiary/aromatic N) is 1. The number of methoxy groups -OCH3 is 2. The third-order valence-electron chi connectivity index (χ3n) is 5.82. The van der Waals surface area contributed by atoms with Gasteiger partial charge in [0.25, 0.3) is 5.69 Å². The molecular formula is C25H31NO8. The number of ether oxygens (including phenoxy) is 4. The molecule has 2 atom stereocenters. The van der Waals surface area contributed by atoms with Crippen molar-refractivity contribution in [2.75, 3.05) is 27.4 Å². The Morgan fingerprint density at radius 3 is 2.03 bits per heavy atom. The average Bonchev–Trinajstić information content (AvgIpc) is 2.82. The summed E-state index contributed by atoms with van der Waals surface area (Å²) in [5.74, 6) is 2.18. The number of carbonyl (C=O) groups excluding carboxylic acids is 2. The Hall–Kier alpha value is -3.62. The molecule has 2 aliphatic rings. The summed E-state index contributed by atoms with van der Waals surface area (Å²) in [6.45, 7) is 3.77. The molecule has 2 aromatic carbocycles. The molecule has 0 fully saturated rings. The lowest BCUT2D eigenvalue weighted by Crippen LogP contribution is -2.27. The number of nitro benzene ring substituents is 1. The Kier molecular flexibility index (Phi) is 9.00. The molecule has 0 saturated heterocycles. The Labute approximate surface area is 199 Å². The van der Waals surface area contributed by atoms with Gasteiger partial charge in [0.05, 0.1) is 49.8 Å². The van der Waals surface area contributed by atoms with E-state index < -0.39 is 4.92 Å². The predicted octanol–water partition coefficient (Wildman–Crippen LogP) is 4.21. The summed E-state index contributed by atoms with van der Waals surface area (Å²) < 4.78 is 21.3. The lowest BCUT2D eigenvalue weighted by atomic mass is 9.92. The maximum absolute atomic E-state index is 11.4. The topological polar surface area (TPSA) is 114 Å². The SMILES string of the molecule is C.COc1ccc([N+](=O)[O-])c2c1OCC(C(C)=O)C2.COc1cccc2c1OCC(C(C)=O)C2. The standard InChI is InChI=1S/C12H13NO5.C12H14O3.CH4/c1-7(14)8-5-9-10(13(15)16)3-4-11(17-2)12(9)18-6-8;1-8(13)10-6-9-4-3-5-11(14-2)12(9)15-7-10;/h3-4,8H,5-6H2,1-2H3;3-5,10H,6-7H2,1-2H3;1H4. The summed E-state index contributed by atoms with van der Waals surface area (Å²) in [7, 11) is 3.10. The highest BCUT2D eigenvalue weighted by atomic mass is 16.6. The summed E-state index contributed by atoms with van der Waals surface area (Å²) in [5, 5.41) is 11.0. The minimum Gasteiger partial charge on any atom is -0.493 e. The summed E-state index contributed by atoms with van der Waals surface area (Å²) in [6.07, 6.45) is 1.07. The van der Waals surface area contributed by atoms with Crippen molar-refractivity contribution >= 4 is 17.3 Å². The number of Topliss-reactive ketones (excluding diaryl/α,β-unsaturated/α-hetero) is 2. The van der Waals surface area contributed by atoms with Crippen LogP contribution in [0.25, 0.3) is 0 Å². The number of fused-ring (bicyclic) bond motifs is 2. The molecule has 184 valence electrons. The zero-order valence-corrected chi connectivity index (χ0v) is 19.1. The largest absolute Gasteiger partial charge is 0.493 e. The number of carbonyl (C=O) groups is 2. The number of benzene rings is 2. The van der Waals surface area contributed by atoms with Crippen molar-refractivity contribution in [3.8, 4) is 23.0 Å². The molecule has 2 aromatic rings. The van der Waals surface area contributed by atoms with Crippen molar-refractivity contribution in [2.24, 2.45) is 11.8 Å². The molecule has 0 bridgehead atoms. The maximum atomic E-state index is 11.4. The van der Waals surface area contributed by atoms with Crippen LogP contribution in [0, 0.1) is 22.0 Å². The van der Waals surface area contributed by atoms with Crippen molar-refractivity contribution in [1.82, 2.24) is 0 Å². The zero-order chi connectivity index (χ0) is 24.1. The molecule has 0 amide bonds. The van der Waals surface area contributed by atoms with E-state index in [4.69, 9.17) is 18.9 Å². The number of rotatable bonds is 5. The van der Waals surface area contributed by atoms with Gasteiger partial charge < -0.3 is 18.9 Å². The van der Waals surface area contributed by atoms with Gasteiger partial charge in [-0.15, -0.1) is 0 Å². The number of hydrogen-bond acceptors (Lipinski definition) is 8. The molecule has 0 aliphatic carbocycles. The van der Waals surface area contributed by atoms with E-state index in [2.05, 4.69) is 0 Å². The van der Waals surface area contributed by atoms with E-state index in [0.717, 1.165) is 23.5 Å². The number of ketones is 2. The molecule has 0 saturated carbocycles. The molecule has 0 spiro atoms. The van der Waals surface area contributed by atoms with Gasteiger partial charge in [0.15, 0.2) is 23.0 Å². The summed E-state index contributed by atoms with van der Waals surface area (Å²) in [4.78, 5) is 33.1. The second kappa shape index (κ2) is 11.5. The quantitative estimate of drug-likeness (QED) is 0.468. The molecule has 4 rings (SSSR count). The first kappa shape index (κ1) is 26.6. The van der Waals surface area contributed by atoms with Crippen molar-refractivity contribution in [3.05, 3.63) is 51.6 Å². The Morgan fingerprint density at radius 1 is 0.912 bits per heavy atom. The second-order valence-electron chi connectivity index (χ2n) is 7.95. The Bertz CT molecular complexity index is 1070. The molecule has 2 heterocycles. The van der Waals surface area contributed by atoms with Crippen LogP contribution in [0.1, 0.15) is 32.4 Å². The number of hydrogen-bond donors (Lipinski definition) is 0. The summed E-state index contributed by atoms with van der Waals surface area (Å²) in [6, 6.07) is 8.65. The first-order valence-corrected chi connectivity index (χ1v) is 10.5. The van der Waals surface area contributed by atoms with E-state index >= 15 is 0 Å². The minimum atomic E-state index is -0.468. The second-order valence-corrected chi connectivity index (χ2v) is 7.95. The predicted molar refractivity (Wildman–Crippen MR) is 126 cm³/mol. The average molecular weight is 474 g/mol. The van der Waals surface area contributed by atoms with Crippen LogP contribution in [-0.2, 0) is 22.4 Å². The van der Waals surface area contributed by atoms with Crippen molar-refractivity contribution < 1.29 is 33.5 Å². The lowest BCUT2D eigenvalue weighted by molar-refractivity contribution is -0.385. The van der Waals surface area contributed by atoms with Crippen LogP contribution in [-0.4, -0.2) is 43.9 Å². The van der Waals surface area contributed by atoms with Crippen LogP contribution < -0.4 is 18.9 Å². The zero-order valence-electron chi connectivity index (χ0n) is 19.1. The van der Waals surface area contributed by atoms with Gasteiger partial charge in [0.2, 0.25) is 0 Å². The lowest BCUT2D eigenvalue weighted by Gasteiger charge is -2.24. The normalized spacial score (nSPS) is 17.6. The van der Waals surface area contributed by atoms with Crippen LogP contribution in [0.15, 0.2) is 30.3 Å². The first-order chi connectivity index (χ1) is 15.8. The van der Waals surface area contributed by atoms with Crippen LogP contribution in [0.4, 0.5) is 5.69 Å². The number of nitro groups is 1. The molecule has 9 heteroatoms. The van der Waals surface area contributed by atoms with Gasteiger partial charge in [0.1, 0.15) is 11.6 Å². The smallest absolute Gasteiger partial charge is 0.276 e. The molecular weight excluding hydrogens is 442 g/mol. The van der Waals surface area contributed by atoms with Crippen molar-refractivity contribution in [2.45, 2.75) is 34.1 Å². The van der Waals surface area contributed by atoms with Gasteiger partial charge in [-0.25, -0.2) is 0 Å². The highest BCUT2D eigenvalue weighted by Crippen LogP contribution is 2.41. The van der Waals surface area contributed by atoms with Gasteiger partial charge in [0, 0.05) is 6.07 Å². The Morgan fingerprint density at radius 2 is 1.47 bits per heavy atom. The van der Waals surface area contributed by atoms with Gasteiger partial charge in [-0.05, 0) is 44.4 Å². The third-order valence-corrected chi connectivity index (χ3v) is 5.82. The number of para-hydroxylation sites is 1. The minimum absolute atomic E-state index is 0. The molecule has 0 aromatic heterocycles. The molecule has 2 aliphatic heterocycles. The highest BCUT2D eigenvalue weighted by molar-refractivity contribution is 5.80. The van der Waals surface area contributed by atoms with Gasteiger partial charge in [-0.2, -0.15) is 0 Å². The molecule has 2 unspecified atom stereocenters. The molecule has 0 N–H and O–H groups in total. The van der Waals surface area contributed by atoms with Crippen LogP contribution >= 0.6 is 0 Å². The van der Waals surface area contributed by atoms with E-state index in [1.165, 1.54) is 26.2 Å². The van der Waals surface area contributed by atoms with Gasteiger partial charge >= 0.3 is 0 Å². The van der Waals surface area contributed by atoms with E-state index in [9.17, 15) is 19.7 Å². The van der Waals surface area contributed by atoms with Gasteiger partial charge in [-0.3, -0.25) is 19.7 Å². The van der Waals surface area contributed by atoms with E-state index in [1.807, 2.05) is 18.2 Å². The molecule has 9 nitrogen and oxygen atoms in total. The van der Waals surface area contributed by atoms with Crippen molar-refractivity contribution in [1.29, 1.82) is 0 Å². The van der Waals surface area contributed by atoms with Crippen molar-refractivity contribution in [3.63, 3.8) is 0 Å². The first-order valence-electron chi connectivity index (χ1n) is 10.5. The Balaban J connectivity index is 0.000000237.